The Morgan fingerprint density at radius 3 is 2.71 bits per heavy atom. The number of ether oxygens (including phenoxy) is 2. The Hall–Kier alpha value is -4.37. The fourth-order valence-corrected chi connectivity index (χ4v) is 4.02. The number of likely N-dealkylation sites (N-methyl/N-ethyl adjacent to an activating group) is 1. The smallest absolute Gasteiger partial charge is 0.247 e. The lowest BCUT2D eigenvalue weighted by atomic mass is 10.1. The highest BCUT2D eigenvalue weighted by molar-refractivity contribution is 6.00. The summed E-state index contributed by atoms with van der Waals surface area (Å²) in [5, 5.41) is 7.17. The van der Waals surface area contributed by atoms with Crippen molar-refractivity contribution in [3.8, 4) is 22.8 Å². The molecular formula is C29H34N6O3. The van der Waals surface area contributed by atoms with E-state index in [1.807, 2.05) is 32.3 Å². The Morgan fingerprint density at radius 2 is 1.97 bits per heavy atom. The number of carbonyl (C=O) groups excluding carboxylic acids is 1. The van der Waals surface area contributed by atoms with Crippen molar-refractivity contribution in [1.29, 1.82) is 0 Å². The lowest BCUT2D eigenvalue weighted by Gasteiger charge is -2.22. The molecule has 0 atom stereocenters. The zero-order chi connectivity index (χ0) is 27.2. The highest BCUT2D eigenvalue weighted by atomic mass is 16.5. The fourth-order valence-electron chi connectivity index (χ4n) is 4.02. The summed E-state index contributed by atoms with van der Waals surface area (Å²) >= 11 is 0. The van der Waals surface area contributed by atoms with Crippen molar-refractivity contribution >= 4 is 34.1 Å². The SMILES string of the molecule is C=CC(=O)Nc1cc(Nc2nccc(-c3cn(C)c4ccccc34)n2)c(OC)cc1OCCN(C)C(C)C. The molecule has 2 aromatic carbocycles. The second kappa shape index (κ2) is 11.8. The largest absolute Gasteiger partial charge is 0.494 e. The van der Waals surface area contributed by atoms with Crippen LogP contribution >= 0.6 is 0 Å². The summed E-state index contributed by atoms with van der Waals surface area (Å²) in [5.74, 6) is 1.06. The molecule has 0 fully saturated rings. The quantitative estimate of drug-likeness (QED) is 0.265. The molecule has 0 saturated carbocycles. The molecule has 0 aliphatic heterocycles. The van der Waals surface area contributed by atoms with Crippen LogP contribution in [0, 0.1) is 0 Å². The molecule has 38 heavy (non-hydrogen) atoms. The van der Waals surface area contributed by atoms with Crippen molar-refractivity contribution in [3.05, 3.63) is 67.5 Å². The number of aromatic nitrogens is 3. The number of aryl methyl sites for hydroxylation is 1. The van der Waals surface area contributed by atoms with Crippen LogP contribution < -0.4 is 20.1 Å². The third-order valence-electron chi connectivity index (χ3n) is 6.40. The number of fused-ring (bicyclic) bond motifs is 1. The molecule has 0 aliphatic rings. The summed E-state index contributed by atoms with van der Waals surface area (Å²) in [6, 6.07) is 13.9. The van der Waals surface area contributed by atoms with Gasteiger partial charge in [0.15, 0.2) is 0 Å². The summed E-state index contributed by atoms with van der Waals surface area (Å²) in [7, 11) is 5.63. The molecule has 0 radical (unpaired) electrons. The standard InChI is InChI=1S/C29H34N6O3/c1-7-28(36)31-24-16-23(26(37-6)17-27(24)38-15-14-34(4)19(2)3)33-29-30-13-12-22(32-29)21-18-35(5)25-11-9-8-10-20(21)25/h7-13,16-19H,1,14-15H2,2-6H3,(H,31,36)(H,30,32,33). The van der Waals surface area contributed by atoms with Crippen molar-refractivity contribution in [3.63, 3.8) is 0 Å². The number of nitrogens with zero attached hydrogens (tertiary/aromatic N) is 4. The van der Waals surface area contributed by atoms with Crippen molar-refractivity contribution in [2.24, 2.45) is 7.05 Å². The van der Waals surface area contributed by atoms with E-state index in [0.29, 0.717) is 41.5 Å². The number of anilines is 3. The number of hydrogen-bond donors (Lipinski definition) is 2. The summed E-state index contributed by atoms with van der Waals surface area (Å²) in [6.07, 6.45) is 4.98. The van der Waals surface area contributed by atoms with Gasteiger partial charge < -0.3 is 29.6 Å². The molecule has 2 N–H and O–H groups in total. The van der Waals surface area contributed by atoms with Crippen molar-refractivity contribution in [1.82, 2.24) is 19.4 Å². The van der Waals surface area contributed by atoms with Gasteiger partial charge in [-0.25, -0.2) is 9.97 Å². The van der Waals surface area contributed by atoms with Gasteiger partial charge in [0.05, 0.1) is 24.2 Å². The first-order chi connectivity index (χ1) is 18.3. The van der Waals surface area contributed by atoms with Crippen LogP contribution in [0.5, 0.6) is 11.5 Å². The Balaban J connectivity index is 1.65. The number of rotatable bonds is 11. The van der Waals surface area contributed by atoms with Gasteiger partial charge in [0, 0.05) is 54.6 Å². The second-order valence-corrected chi connectivity index (χ2v) is 9.23. The van der Waals surface area contributed by atoms with E-state index in [0.717, 1.165) is 28.7 Å². The third kappa shape index (κ3) is 5.95. The Bertz CT molecular complexity index is 1450. The molecule has 1 amide bonds. The Kier molecular flexibility index (Phi) is 8.28. The molecule has 9 nitrogen and oxygen atoms in total. The van der Waals surface area contributed by atoms with Crippen molar-refractivity contribution in [2.75, 3.05) is 37.9 Å². The van der Waals surface area contributed by atoms with Gasteiger partial charge >= 0.3 is 0 Å². The van der Waals surface area contributed by atoms with Crippen molar-refractivity contribution in [2.45, 2.75) is 19.9 Å². The highest BCUT2D eigenvalue weighted by Gasteiger charge is 2.16. The van der Waals surface area contributed by atoms with Crippen LogP contribution in [0.1, 0.15) is 13.8 Å². The average Bonchev–Trinajstić information content (AvgIpc) is 3.26. The van der Waals surface area contributed by atoms with Gasteiger partial charge in [-0.05, 0) is 45.2 Å². The first-order valence-electron chi connectivity index (χ1n) is 12.4. The lowest BCUT2D eigenvalue weighted by molar-refractivity contribution is -0.111. The number of benzene rings is 2. The molecule has 0 bridgehead atoms. The van der Waals surface area contributed by atoms with Crippen LogP contribution in [0.2, 0.25) is 0 Å². The number of methoxy groups -OCH3 is 1. The predicted molar refractivity (Wildman–Crippen MR) is 152 cm³/mol. The van der Waals surface area contributed by atoms with Crippen LogP contribution in [0.3, 0.4) is 0 Å². The van der Waals surface area contributed by atoms with Gasteiger partial charge in [0.25, 0.3) is 0 Å². The molecule has 0 spiro atoms. The number of para-hydroxylation sites is 1. The van der Waals surface area contributed by atoms with E-state index < -0.39 is 0 Å². The van der Waals surface area contributed by atoms with E-state index in [4.69, 9.17) is 14.5 Å². The van der Waals surface area contributed by atoms with Gasteiger partial charge in [-0.1, -0.05) is 24.8 Å². The molecule has 4 aromatic rings. The van der Waals surface area contributed by atoms with Crippen LogP contribution in [-0.2, 0) is 11.8 Å². The summed E-state index contributed by atoms with van der Waals surface area (Å²) in [5.41, 5.74) is 3.97. The van der Waals surface area contributed by atoms with Gasteiger partial charge in [-0.15, -0.1) is 0 Å². The lowest BCUT2D eigenvalue weighted by Crippen LogP contribution is -2.30. The number of nitrogens with one attached hydrogen (secondary N) is 2. The molecule has 0 saturated heterocycles. The minimum Gasteiger partial charge on any atom is -0.494 e. The van der Waals surface area contributed by atoms with Gasteiger partial charge in [0.1, 0.15) is 18.1 Å². The number of carbonyl (C=O) groups is 1. The zero-order valence-corrected chi connectivity index (χ0v) is 22.5. The number of hydrogen-bond acceptors (Lipinski definition) is 7. The van der Waals surface area contributed by atoms with Gasteiger partial charge in [-0.2, -0.15) is 0 Å². The molecular weight excluding hydrogens is 480 g/mol. The summed E-state index contributed by atoms with van der Waals surface area (Å²) in [6.45, 7) is 8.97. The maximum atomic E-state index is 12.2. The zero-order valence-electron chi connectivity index (χ0n) is 22.5. The predicted octanol–water partition coefficient (Wildman–Crippen LogP) is 5.23. The fraction of sp³-hybridized carbons (Fsp3) is 0.276. The van der Waals surface area contributed by atoms with Crippen LogP contribution in [0.4, 0.5) is 17.3 Å². The third-order valence-corrected chi connectivity index (χ3v) is 6.40. The molecule has 0 aliphatic carbocycles. The normalized spacial score (nSPS) is 11.1. The van der Waals surface area contributed by atoms with E-state index in [2.05, 4.69) is 63.8 Å². The molecule has 9 heteroatoms. The Labute approximate surface area is 223 Å². The number of amides is 1. The van der Waals surface area contributed by atoms with E-state index in [-0.39, 0.29) is 5.91 Å². The minimum atomic E-state index is -0.348. The monoisotopic (exact) mass is 514 g/mol. The summed E-state index contributed by atoms with van der Waals surface area (Å²) in [4.78, 5) is 23.5. The van der Waals surface area contributed by atoms with E-state index in [9.17, 15) is 4.79 Å². The van der Waals surface area contributed by atoms with Crippen LogP contribution in [0.25, 0.3) is 22.2 Å². The minimum absolute atomic E-state index is 0.348. The van der Waals surface area contributed by atoms with Crippen LogP contribution in [0.15, 0.2) is 67.5 Å². The molecule has 2 aromatic heterocycles. The van der Waals surface area contributed by atoms with E-state index in [1.165, 1.54) is 6.08 Å². The molecule has 4 rings (SSSR count). The molecule has 2 heterocycles. The average molecular weight is 515 g/mol. The van der Waals surface area contributed by atoms with E-state index >= 15 is 0 Å². The van der Waals surface area contributed by atoms with Gasteiger partial charge in [-0.3, -0.25) is 4.79 Å². The molecule has 198 valence electrons. The van der Waals surface area contributed by atoms with Gasteiger partial charge in [0.2, 0.25) is 11.9 Å². The first-order valence-corrected chi connectivity index (χ1v) is 12.4. The Morgan fingerprint density at radius 1 is 1.18 bits per heavy atom. The van der Waals surface area contributed by atoms with Crippen molar-refractivity contribution < 1.29 is 14.3 Å². The topological polar surface area (TPSA) is 93.5 Å². The maximum Gasteiger partial charge on any atom is 0.247 e. The molecule has 0 unspecified atom stereocenters. The first kappa shape index (κ1) is 26.7. The van der Waals surface area contributed by atoms with E-state index in [1.54, 1.807) is 25.4 Å². The maximum absolute atomic E-state index is 12.2. The summed E-state index contributed by atoms with van der Waals surface area (Å²) < 4.78 is 13.8. The van der Waals surface area contributed by atoms with Crippen LogP contribution in [-0.4, -0.2) is 58.7 Å². The highest BCUT2D eigenvalue weighted by Crippen LogP contribution is 2.38. The second-order valence-electron chi connectivity index (χ2n) is 9.23.